The molecule has 0 saturated heterocycles. The average Bonchev–Trinajstić information content (AvgIpc) is 2.19. The Bertz CT molecular complexity index is 406. The van der Waals surface area contributed by atoms with Gasteiger partial charge in [-0.25, -0.2) is 0 Å². The van der Waals surface area contributed by atoms with Gasteiger partial charge in [-0.05, 0) is 17.7 Å². The van der Waals surface area contributed by atoms with Crippen LogP contribution in [0.25, 0.3) is 10.9 Å². The van der Waals surface area contributed by atoms with Crippen LogP contribution in [-0.4, -0.2) is 12.1 Å². The predicted octanol–water partition coefficient (Wildman–Crippen LogP) is 2.38. The predicted molar refractivity (Wildman–Crippen MR) is 52.5 cm³/mol. The molecule has 0 amide bonds. The topological polar surface area (TPSA) is 22.1 Å². The van der Waals surface area contributed by atoms with Gasteiger partial charge in [-0.1, -0.05) is 18.2 Å². The second-order valence-electron chi connectivity index (χ2n) is 2.92. The molecule has 0 saturated carbocycles. The first-order valence-electron chi connectivity index (χ1n) is 4.23. The third-order valence-electron chi connectivity index (χ3n) is 2.04. The number of hydrogen-bond acceptors (Lipinski definition) is 2. The van der Waals surface area contributed by atoms with Crippen LogP contribution < -0.4 is 0 Å². The van der Waals surface area contributed by atoms with E-state index in [2.05, 4.69) is 17.1 Å². The summed E-state index contributed by atoms with van der Waals surface area (Å²) in [4.78, 5) is 4.27. The Morgan fingerprint density at radius 3 is 3.00 bits per heavy atom. The Kier molecular flexibility index (Phi) is 2.23. The molecule has 2 rings (SSSR count). The smallest absolute Gasteiger partial charge is 0.0719 e. The highest BCUT2D eigenvalue weighted by molar-refractivity contribution is 5.81. The van der Waals surface area contributed by atoms with Crippen LogP contribution in [0.2, 0.25) is 0 Å². The molecule has 0 aliphatic carbocycles. The van der Waals surface area contributed by atoms with Crippen molar-refractivity contribution in [3.63, 3.8) is 0 Å². The molecule has 0 unspecified atom stereocenters. The number of ether oxygens (including phenoxy) is 1. The maximum Gasteiger partial charge on any atom is 0.0719 e. The van der Waals surface area contributed by atoms with E-state index in [1.807, 2.05) is 18.2 Å². The van der Waals surface area contributed by atoms with Crippen molar-refractivity contribution in [1.29, 1.82) is 0 Å². The maximum atomic E-state index is 5.11. The fourth-order valence-electron chi connectivity index (χ4n) is 1.45. The minimum absolute atomic E-state index is 0.642. The summed E-state index contributed by atoms with van der Waals surface area (Å²) in [6.45, 7) is 0.642. The minimum Gasteiger partial charge on any atom is -0.380 e. The van der Waals surface area contributed by atoms with E-state index in [1.165, 1.54) is 10.9 Å². The molecule has 13 heavy (non-hydrogen) atoms. The second-order valence-corrected chi connectivity index (χ2v) is 2.92. The van der Waals surface area contributed by atoms with E-state index in [1.54, 1.807) is 13.3 Å². The molecule has 0 bridgehead atoms. The third-order valence-corrected chi connectivity index (χ3v) is 2.04. The lowest BCUT2D eigenvalue weighted by molar-refractivity contribution is 0.186. The van der Waals surface area contributed by atoms with Gasteiger partial charge in [0, 0.05) is 18.7 Å². The number of nitrogens with zero attached hydrogens (tertiary/aromatic N) is 1. The highest BCUT2D eigenvalue weighted by atomic mass is 16.5. The molecule has 0 radical (unpaired) electrons. The van der Waals surface area contributed by atoms with E-state index in [9.17, 15) is 0 Å². The van der Waals surface area contributed by atoms with Gasteiger partial charge in [0.25, 0.3) is 0 Å². The first kappa shape index (κ1) is 8.20. The Morgan fingerprint density at radius 2 is 2.15 bits per heavy atom. The molecule has 2 nitrogen and oxygen atoms in total. The van der Waals surface area contributed by atoms with Gasteiger partial charge in [0.05, 0.1) is 12.1 Å². The van der Waals surface area contributed by atoms with Crippen LogP contribution in [-0.2, 0) is 11.3 Å². The molecule has 0 aliphatic rings. The van der Waals surface area contributed by atoms with Gasteiger partial charge in [0.15, 0.2) is 0 Å². The fraction of sp³-hybridized carbons (Fsp3) is 0.182. The van der Waals surface area contributed by atoms with Crippen LogP contribution >= 0.6 is 0 Å². The summed E-state index contributed by atoms with van der Waals surface area (Å²) >= 11 is 0. The van der Waals surface area contributed by atoms with Crippen LogP contribution in [0.3, 0.4) is 0 Å². The van der Waals surface area contributed by atoms with Gasteiger partial charge in [0.1, 0.15) is 0 Å². The summed E-state index contributed by atoms with van der Waals surface area (Å²) < 4.78 is 5.11. The van der Waals surface area contributed by atoms with Gasteiger partial charge >= 0.3 is 0 Å². The van der Waals surface area contributed by atoms with Gasteiger partial charge in [-0.2, -0.15) is 0 Å². The maximum absolute atomic E-state index is 5.11. The first-order valence-corrected chi connectivity index (χ1v) is 4.23. The number of benzene rings is 1. The molecule has 0 atom stereocenters. The number of hydrogen-bond donors (Lipinski definition) is 0. The lowest BCUT2D eigenvalue weighted by atomic mass is 10.1. The zero-order chi connectivity index (χ0) is 9.10. The summed E-state index contributed by atoms with van der Waals surface area (Å²) in [5.74, 6) is 0. The quantitative estimate of drug-likeness (QED) is 0.695. The van der Waals surface area contributed by atoms with Crippen LogP contribution in [0.4, 0.5) is 0 Å². The van der Waals surface area contributed by atoms with E-state index in [0.29, 0.717) is 6.61 Å². The lowest BCUT2D eigenvalue weighted by Crippen LogP contribution is -1.89. The molecular formula is C11H11NO. The Morgan fingerprint density at radius 1 is 1.23 bits per heavy atom. The molecule has 0 aliphatic heterocycles. The van der Waals surface area contributed by atoms with Crippen molar-refractivity contribution < 1.29 is 4.74 Å². The molecule has 66 valence electrons. The van der Waals surface area contributed by atoms with Crippen molar-refractivity contribution in [3.05, 3.63) is 42.1 Å². The Balaban J connectivity index is 2.61. The van der Waals surface area contributed by atoms with Crippen molar-refractivity contribution in [2.24, 2.45) is 0 Å². The molecule has 0 N–H and O–H groups in total. The zero-order valence-electron chi connectivity index (χ0n) is 7.53. The Hall–Kier alpha value is -1.41. The number of methoxy groups -OCH3 is 1. The highest BCUT2D eigenvalue weighted by Crippen LogP contribution is 2.16. The number of pyridine rings is 1. The van der Waals surface area contributed by atoms with E-state index in [4.69, 9.17) is 4.74 Å². The molecule has 0 spiro atoms. The van der Waals surface area contributed by atoms with E-state index >= 15 is 0 Å². The van der Waals surface area contributed by atoms with Crippen LogP contribution in [0.15, 0.2) is 36.5 Å². The Labute approximate surface area is 77.2 Å². The molecule has 2 heteroatoms. The largest absolute Gasteiger partial charge is 0.380 e. The number of rotatable bonds is 2. The third kappa shape index (κ3) is 1.53. The van der Waals surface area contributed by atoms with E-state index in [0.717, 1.165) is 5.52 Å². The van der Waals surface area contributed by atoms with Crippen LogP contribution in [0.1, 0.15) is 5.56 Å². The van der Waals surface area contributed by atoms with Gasteiger partial charge < -0.3 is 4.74 Å². The van der Waals surface area contributed by atoms with Crippen LogP contribution in [0, 0.1) is 0 Å². The summed E-state index contributed by atoms with van der Waals surface area (Å²) in [6, 6.07) is 10.1. The molecule has 1 heterocycles. The highest BCUT2D eigenvalue weighted by Gasteiger charge is 1.98. The minimum atomic E-state index is 0.642. The zero-order valence-corrected chi connectivity index (χ0v) is 7.53. The van der Waals surface area contributed by atoms with E-state index < -0.39 is 0 Å². The van der Waals surface area contributed by atoms with E-state index in [-0.39, 0.29) is 0 Å². The summed E-state index contributed by atoms with van der Waals surface area (Å²) in [5.41, 5.74) is 2.21. The summed E-state index contributed by atoms with van der Waals surface area (Å²) in [7, 11) is 1.70. The lowest BCUT2D eigenvalue weighted by Gasteiger charge is -2.03. The van der Waals surface area contributed by atoms with Crippen molar-refractivity contribution in [2.45, 2.75) is 6.61 Å². The van der Waals surface area contributed by atoms with Crippen LogP contribution in [0.5, 0.6) is 0 Å². The van der Waals surface area contributed by atoms with Crippen molar-refractivity contribution in [3.8, 4) is 0 Å². The normalized spacial score (nSPS) is 10.5. The molecule has 1 aromatic carbocycles. The number of aromatic nitrogens is 1. The van der Waals surface area contributed by atoms with Gasteiger partial charge in [-0.3, -0.25) is 4.98 Å². The van der Waals surface area contributed by atoms with Crippen molar-refractivity contribution in [1.82, 2.24) is 4.98 Å². The molecule has 1 aromatic heterocycles. The number of fused-ring (bicyclic) bond motifs is 1. The molecular weight excluding hydrogens is 162 g/mol. The van der Waals surface area contributed by atoms with Gasteiger partial charge in [-0.15, -0.1) is 0 Å². The molecule has 0 fully saturated rings. The summed E-state index contributed by atoms with van der Waals surface area (Å²) in [6.07, 6.45) is 1.80. The SMILES string of the molecule is COCc1cccc2ncccc12. The molecule has 2 aromatic rings. The second kappa shape index (κ2) is 3.54. The first-order chi connectivity index (χ1) is 6.42. The fourth-order valence-corrected chi connectivity index (χ4v) is 1.45. The monoisotopic (exact) mass is 173 g/mol. The summed E-state index contributed by atoms with van der Waals surface area (Å²) in [5, 5.41) is 1.17. The van der Waals surface area contributed by atoms with Crippen molar-refractivity contribution in [2.75, 3.05) is 7.11 Å². The average molecular weight is 173 g/mol. The van der Waals surface area contributed by atoms with Gasteiger partial charge in [0.2, 0.25) is 0 Å². The van der Waals surface area contributed by atoms with Crippen molar-refractivity contribution >= 4 is 10.9 Å². The standard InChI is InChI=1S/C11H11NO/c1-13-8-9-4-2-6-11-10(9)5-3-7-12-11/h2-7H,8H2,1H3.